The van der Waals surface area contributed by atoms with Crippen molar-refractivity contribution in [2.24, 2.45) is 5.92 Å². The van der Waals surface area contributed by atoms with Crippen LogP contribution in [0, 0.1) is 5.92 Å². The number of aliphatic hydroxyl groups excluding tert-OH is 1. The summed E-state index contributed by atoms with van der Waals surface area (Å²) in [4.78, 5) is 13.8. The van der Waals surface area contributed by atoms with E-state index in [1.54, 1.807) is 18.2 Å². The summed E-state index contributed by atoms with van der Waals surface area (Å²) in [6.07, 6.45) is 0.953. The lowest BCUT2D eigenvalue weighted by molar-refractivity contribution is -0.144. The summed E-state index contributed by atoms with van der Waals surface area (Å²) in [5, 5.41) is 21.1. The van der Waals surface area contributed by atoms with Crippen molar-refractivity contribution >= 4 is 29.2 Å². The molecule has 3 rings (SSSR count). The highest BCUT2D eigenvalue weighted by Gasteiger charge is 2.33. The summed E-state index contributed by atoms with van der Waals surface area (Å²) < 4.78 is 0. The summed E-state index contributed by atoms with van der Waals surface area (Å²) >= 11 is 12.0. The number of halogens is 2. The molecule has 0 aliphatic carbocycles. The van der Waals surface area contributed by atoms with E-state index in [-0.39, 0.29) is 5.92 Å². The van der Waals surface area contributed by atoms with Gasteiger partial charge in [-0.1, -0.05) is 59.6 Å². The zero-order valence-electron chi connectivity index (χ0n) is 14.2. The SMILES string of the molecule is O=C(O)C(c1ccc(Cl)c(Cl)c1)N1CCC(C(O)c2ccccc2)CC1. The van der Waals surface area contributed by atoms with Crippen LogP contribution in [0.4, 0.5) is 0 Å². The number of aliphatic carboxylic acids is 1. The van der Waals surface area contributed by atoms with E-state index in [4.69, 9.17) is 23.2 Å². The second-order valence-electron chi connectivity index (χ2n) is 6.64. The zero-order chi connectivity index (χ0) is 18.7. The highest BCUT2D eigenvalue weighted by atomic mass is 35.5. The number of nitrogens with zero attached hydrogens (tertiary/aromatic N) is 1. The molecule has 2 atom stereocenters. The van der Waals surface area contributed by atoms with Crippen LogP contribution in [-0.4, -0.2) is 34.2 Å². The number of rotatable bonds is 5. The molecule has 1 heterocycles. The second-order valence-corrected chi connectivity index (χ2v) is 7.46. The molecule has 2 N–H and O–H groups in total. The third-order valence-corrected chi connectivity index (χ3v) is 5.76. The van der Waals surface area contributed by atoms with Gasteiger partial charge in [0.05, 0.1) is 16.1 Å². The Kier molecular flexibility index (Phi) is 6.20. The number of carboxylic acid groups (broad SMARTS) is 1. The van der Waals surface area contributed by atoms with Crippen LogP contribution in [0.15, 0.2) is 48.5 Å². The van der Waals surface area contributed by atoms with E-state index in [1.807, 2.05) is 35.2 Å². The fourth-order valence-corrected chi connectivity index (χ4v) is 3.91. The highest BCUT2D eigenvalue weighted by Crippen LogP contribution is 2.35. The Labute approximate surface area is 163 Å². The van der Waals surface area contributed by atoms with Crippen molar-refractivity contribution in [2.45, 2.75) is 25.0 Å². The Balaban J connectivity index is 1.70. The minimum absolute atomic E-state index is 0.122. The zero-order valence-corrected chi connectivity index (χ0v) is 15.7. The molecular formula is C20H21Cl2NO3. The molecule has 6 heteroatoms. The Bertz CT molecular complexity index is 761. The van der Waals surface area contributed by atoms with Crippen LogP contribution in [0.3, 0.4) is 0 Å². The molecule has 0 saturated carbocycles. The van der Waals surface area contributed by atoms with Crippen LogP contribution < -0.4 is 0 Å². The molecule has 1 saturated heterocycles. The Morgan fingerprint density at radius 3 is 2.23 bits per heavy atom. The van der Waals surface area contributed by atoms with Gasteiger partial charge in [0.1, 0.15) is 6.04 Å². The molecule has 0 bridgehead atoms. The number of benzene rings is 2. The smallest absolute Gasteiger partial charge is 0.325 e. The molecule has 0 spiro atoms. The van der Waals surface area contributed by atoms with Crippen LogP contribution in [0.2, 0.25) is 10.0 Å². The average Bonchev–Trinajstić information content (AvgIpc) is 2.65. The van der Waals surface area contributed by atoms with Gasteiger partial charge in [0.2, 0.25) is 0 Å². The van der Waals surface area contributed by atoms with Crippen molar-refractivity contribution in [3.63, 3.8) is 0 Å². The lowest BCUT2D eigenvalue weighted by Crippen LogP contribution is -2.41. The molecule has 0 amide bonds. The number of carboxylic acids is 1. The third-order valence-electron chi connectivity index (χ3n) is 5.02. The molecule has 2 unspecified atom stereocenters. The van der Waals surface area contributed by atoms with Crippen LogP contribution in [0.5, 0.6) is 0 Å². The van der Waals surface area contributed by atoms with Gasteiger partial charge in [-0.25, -0.2) is 0 Å². The molecule has 1 aliphatic rings. The number of carbonyl (C=O) groups is 1. The summed E-state index contributed by atoms with van der Waals surface area (Å²) in [6.45, 7) is 1.21. The standard InChI is InChI=1S/C20H21Cl2NO3/c21-16-7-6-15(12-17(16)22)18(20(25)26)23-10-8-14(9-11-23)19(24)13-4-2-1-3-5-13/h1-7,12,14,18-19,24H,8-11H2,(H,25,26). The van der Waals surface area contributed by atoms with Crippen LogP contribution in [-0.2, 0) is 4.79 Å². The molecule has 0 radical (unpaired) electrons. The lowest BCUT2D eigenvalue weighted by atomic mass is 9.86. The normalized spacial score (nSPS) is 18.4. The maximum Gasteiger partial charge on any atom is 0.325 e. The number of aliphatic hydroxyl groups is 1. The first-order valence-electron chi connectivity index (χ1n) is 8.62. The molecule has 4 nitrogen and oxygen atoms in total. The largest absolute Gasteiger partial charge is 0.480 e. The number of hydrogen-bond donors (Lipinski definition) is 2. The van der Waals surface area contributed by atoms with Gasteiger partial charge in [-0.05, 0) is 55.1 Å². The lowest BCUT2D eigenvalue weighted by Gasteiger charge is -2.37. The first kappa shape index (κ1) is 19.2. The van der Waals surface area contributed by atoms with Gasteiger partial charge in [-0.15, -0.1) is 0 Å². The molecule has 2 aromatic rings. The van der Waals surface area contributed by atoms with Crippen molar-refractivity contribution in [3.8, 4) is 0 Å². The number of piperidine rings is 1. The van der Waals surface area contributed by atoms with E-state index in [1.165, 1.54) is 0 Å². The van der Waals surface area contributed by atoms with E-state index in [2.05, 4.69) is 0 Å². The Morgan fingerprint density at radius 1 is 1.00 bits per heavy atom. The van der Waals surface area contributed by atoms with E-state index >= 15 is 0 Å². The highest BCUT2D eigenvalue weighted by molar-refractivity contribution is 6.42. The number of hydrogen-bond acceptors (Lipinski definition) is 3. The molecule has 1 aliphatic heterocycles. The maximum absolute atomic E-state index is 11.9. The molecule has 138 valence electrons. The minimum atomic E-state index is -0.912. The fourth-order valence-electron chi connectivity index (χ4n) is 3.61. The van der Waals surface area contributed by atoms with Gasteiger partial charge in [0.25, 0.3) is 0 Å². The maximum atomic E-state index is 11.9. The van der Waals surface area contributed by atoms with Crippen molar-refractivity contribution in [3.05, 3.63) is 69.7 Å². The Morgan fingerprint density at radius 2 is 1.65 bits per heavy atom. The predicted octanol–water partition coefficient (Wildman–Crippen LogP) is 4.56. The first-order chi connectivity index (χ1) is 12.5. The third kappa shape index (κ3) is 4.21. The van der Waals surface area contributed by atoms with Gasteiger partial charge in [-0.2, -0.15) is 0 Å². The van der Waals surface area contributed by atoms with Gasteiger partial charge < -0.3 is 10.2 Å². The summed E-state index contributed by atoms with van der Waals surface area (Å²) in [5.41, 5.74) is 1.53. The minimum Gasteiger partial charge on any atom is -0.480 e. The predicted molar refractivity (Wildman–Crippen MR) is 103 cm³/mol. The number of likely N-dealkylation sites (tertiary alicyclic amines) is 1. The second kappa shape index (κ2) is 8.40. The van der Waals surface area contributed by atoms with Gasteiger partial charge in [0, 0.05) is 0 Å². The Hall–Kier alpha value is -1.59. The van der Waals surface area contributed by atoms with Crippen molar-refractivity contribution in [1.29, 1.82) is 0 Å². The van der Waals surface area contributed by atoms with Gasteiger partial charge in [0.15, 0.2) is 0 Å². The van der Waals surface area contributed by atoms with Crippen LogP contribution >= 0.6 is 23.2 Å². The first-order valence-corrected chi connectivity index (χ1v) is 9.38. The van der Waals surface area contributed by atoms with E-state index < -0.39 is 18.1 Å². The molecule has 26 heavy (non-hydrogen) atoms. The van der Waals surface area contributed by atoms with Gasteiger partial charge >= 0.3 is 5.97 Å². The molecule has 1 fully saturated rings. The van der Waals surface area contributed by atoms with E-state index in [0.29, 0.717) is 28.7 Å². The molecule has 2 aromatic carbocycles. The fraction of sp³-hybridized carbons (Fsp3) is 0.350. The topological polar surface area (TPSA) is 60.8 Å². The van der Waals surface area contributed by atoms with Crippen molar-refractivity contribution in [2.75, 3.05) is 13.1 Å². The summed E-state index contributed by atoms with van der Waals surface area (Å²) in [5.74, 6) is -0.789. The van der Waals surface area contributed by atoms with Crippen molar-refractivity contribution in [1.82, 2.24) is 4.90 Å². The average molecular weight is 394 g/mol. The van der Waals surface area contributed by atoms with E-state index in [9.17, 15) is 15.0 Å². The van der Waals surface area contributed by atoms with Crippen LogP contribution in [0.1, 0.15) is 36.1 Å². The van der Waals surface area contributed by atoms with Crippen LogP contribution in [0.25, 0.3) is 0 Å². The monoisotopic (exact) mass is 393 g/mol. The quantitative estimate of drug-likeness (QED) is 0.780. The molecule has 0 aromatic heterocycles. The molecular weight excluding hydrogens is 373 g/mol. The van der Waals surface area contributed by atoms with Gasteiger partial charge in [-0.3, -0.25) is 9.69 Å². The summed E-state index contributed by atoms with van der Waals surface area (Å²) in [6, 6.07) is 13.8. The summed E-state index contributed by atoms with van der Waals surface area (Å²) in [7, 11) is 0. The van der Waals surface area contributed by atoms with E-state index in [0.717, 1.165) is 18.4 Å². The van der Waals surface area contributed by atoms with Crippen molar-refractivity contribution < 1.29 is 15.0 Å².